The number of nitrogens with one attached hydrogen (secondary N) is 2. The molecule has 0 radical (unpaired) electrons. The Morgan fingerprint density at radius 1 is 0.973 bits per heavy atom. The van der Waals surface area contributed by atoms with Crippen LogP contribution in [0.25, 0.3) is 11.3 Å². The van der Waals surface area contributed by atoms with Crippen molar-refractivity contribution < 1.29 is 19.5 Å². The van der Waals surface area contributed by atoms with Crippen molar-refractivity contribution in [3.8, 4) is 0 Å². The third-order valence-corrected chi connectivity index (χ3v) is 6.16. The fourth-order valence-electron chi connectivity index (χ4n) is 4.07. The molecule has 4 rings (SSSR count). The third kappa shape index (κ3) is 5.99. The Bertz CT molecular complexity index is 1380. The molecule has 0 spiro atoms. The molecule has 8 nitrogen and oxygen atoms in total. The van der Waals surface area contributed by atoms with E-state index >= 15 is 0 Å². The molecule has 1 aliphatic rings. The van der Waals surface area contributed by atoms with Gasteiger partial charge in [0.2, 0.25) is 5.91 Å². The summed E-state index contributed by atoms with van der Waals surface area (Å²) in [4.78, 5) is 40.0. The minimum atomic E-state index is -0.917. The van der Waals surface area contributed by atoms with Crippen molar-refractivity contribution in [1.29, 1.82) is 0 Å². The average Bonchev–Trinajstić information content (AvgIpc) is 3.16. The van der Waals surface area contributed by atoms with Gasteiger partial charge in [-0.2, -0.15) is 0 Å². The molecule has 2 amide bonds. The van der Waals surface area contributed by atoms with Crippen LogP contribution in [0.1, 0.15) is 16.7 Å². The summed E-state index contributed by atoms with van der Waals surface area (Å²) in [5.74, 6) is -1.23. The van der Waals surface area contributed by atoms with Crippen LogP contribution in [0.3, 0.4) is 0 Å². The number of rotatable bonds is 8. The number of benzene rings is 3. The lowest BCUT2D eigenvalue weighted by Gasteiger charge is -2.20. The number of carboxylic acids is 1. The van der Waals surface area contributed by atoms with Crippen LogP contribution in [-0.2, 0) is 20.8 Å². The van der Waals surface area contributed by atoms with E-state index in [9.17, 15) is 14.4 Å². The molecule has 1 aliphatic heterocycles. The number of nitrogens with zero attached hydrogens (tertiary/aromatic N) is 2. The molecule has 0 fully saturated rings. The number of aliphatic carboxylic acids is 1. The summed E-state index contributed by atoms with van der Waals surface area (Å²) in [5.41, 5.74) is 5.14. The van der Waals surface area contributed by atoms with Crippen molar-refractivity contribution in [1.82, 2.24) is 4.90 Å². The van der Waals surface area contributed by atoms with Gasteiger partial charge in [0, 0.05) is 29.0 Å². The number of likely N-dealkylation sites (N-methyl/N-ethyl adjacent to an activating group) is 2. The highest BCUT2D eigenvalue weighted by molar-refractivity contribution is 6.38. The Hall–Kier alpha value is -4.14. The Morgan fingerprint density at radius 2 is 1.65 bits per heavy atom. The number of amides is 2. The summed E-state index contributed by atoms with van der Waals surface area (Å²) in [7, 11) is 5.41. The van der Waals surface area contributed by atoms with E-state index in [0.717, 1.165) is 5.69 Å². The zero-order valence-electron chi connectivity index (χ0n) is 20.7. The maximum Gasteiger partial charge on any atom is 0.307 e. The number of fused-ring (bicyclic) bond motifs is 1. The fourth-order valence-corrected chi connectivity index (χ4v) is 4.24. The van der Waals surface area contributed by atoms with Gasteiger partial charge >= 0.3 is 5.97 Å². The van der Waals surface area contributed by atoms with Crippen LogP contribution < -0.4 is 15.5 Å². The number of hydrogen-bond donors (Lipinski definition) is 3. The summed E-state index contributed by atoms with van der Waals surface area (Å²) in [6.45, 7) is 0.295. The van der Waals surface area contributed by atoms with Crippen LogP contribution in [0.4, 0.5) is 17.1 Å². The van der Waals surface area contributed by atoms with E-state index in [1.54, 1.807) is 54.4 Å². The normalized spacial score (nSPS) is 13.7. The first-order chi connectivity index (χ1) is 17.6. The standard InChI is InChI=1S/C28H27ClN4O4/c1-32(2)16-24(34)33(3)21-11-9-20(10-12-21)30-27(18-6-4-17(5-7-18)14-25(35)36)26-22-13-8-19(29)15-23(22)31-28(26)37/h4-13,15,30H,14,16H2,1-3H3,(H,31,37)(H,35,36). The van der Waals surface area contributed by atoms with Gasteiger partial charge in [-0.15, -0.1) is 0 Å². The van der Waals surface area contributed by atoms with E-state index in [1.807, 2.05) is 43.3 Å². The Balaban J connectivity index is 1.72. The van der Waals surface area contributed by atoms with Crippen molar-refractivity contribution in [3.05, 3.63) is 88.4 Å². The first-order valence-electron chi connectivity index (χ1n) is 11.6. The van der Waals surface area contributed by atoms with Gasteiger partial charge in [-0.1, -0.05) is 41.9 Å². The number of hydrogen-bond acceptors (Lipinski definition) is 5. The lowest BCUT2D eigenvalue weighted by atomic mass is 9.98. The predicted octanol–water partition coefficient (Wildman–Crippen LogP) is 4.42. The van der Waals surface area contributed by atoms with Gasteiger partial charge in [0.15, 0.2) is 0 Å². The molecule has 3 aromatic carbocycles. The number of halogens is 1. The van der Waals surface area contributed by atoms with Crippen LogP contribution in [0, 0.1) is 0 Å². The SMILES string of the molecule is CN(C)CC(=O)N(C)c1ccc(NC(=C2C(=O)Nc3cc(Cl)ccc32)c2ccc(CC(=O)O)cc2)cc1. The number of carbonyl (C=O) groups is 3. The second-order valence-electron chi connectivity index (χ2n) is 9.02. The van der Waals surface area contributed by atoms with Gasteiger partial charge in [-0.05, 0) is 61.6 Å². The van der Waals surface area contributed by atoms with Crippen molar-refractivity contribution in [2.45, 2.75) is 6.42 Å². The molecular weight excluding hydrogens is 492 g/mol. The van der Waals surface area contributed by atoms with Crippen LogP contribution in [-0.4, -0.2) is 55.5 Å². The highest BCUT2D eigenvalue weighted by Gasteiger charge is 2.28. The minimum absolute atomic E-state index is 0.0344. The van der Waals surface area contributed by atoms with E-state index in [0.29, 0.717) is 50.9 Å². The second kappa shape index (κ2) is 10.9. The molecule has 0 aliphatic carbocycles. The molecule has 0 atom stereocenters. The minimum Gasteiger partial charge on any atom is -0.481 e. The quantitative estimate of drug-likeness (QED) is 0.381. The summed E-state index contributed by atoms with van der Waals surface area (Å²) >= 11 is 6.13. The Morgan fingerprint density at radius 3 is 2.27 bits per heavy atom. The highest BCUT2D eigenvalue weighted by Crippen LogP contribution is 2.39. The number of carboxylic acid groups (broad SMARTS) is 1. The van der Waals surface area contributed by atoms with Crippen molar-refractivity contribution in [2.75, 3.05) is 43.2 Å². The average molecular weight is 519 g/mol. The molecule has 0 bridgehead atoms. The first kappa shape index (κ1) is 25.9. The first-order valence-corrected chi connectivity index (χ1v) is 11.9. The molecule has 190 valence electrons. The molecule has 0 unspecified atom stereocenters. The van der Waals surface area contributed by atoms with Crippen LogP contribution >= 0.6 is 11.6 Å². The summed E-state index contributed by atoms with van der Waals surface area (Å²) < 4.78 is 0. The number of anilines is 3. The highest BCUT2D eigenvalue weighted by atomic mass is 35.5. The van der Waals surface area contributed by atoms with Crippen molar-refractivity contribution in [2.24, 2.45) is 0 Å². The summed E-state index contributed by atoms with van der Waals surface area (Å²) in [6.07, 6.45) is -0.0943. The second-order valence-corrected chi connectivity index (χ2v) is 9.46. The lowest BCUT2D eigenvalue weighted by molar-refractivity contribution is -0.136. The van der Waals surface area contributed by atoms with Gasteiger partial charge in [-0.25, -0.2) is 0 Å². The van der Waals surface area contributed by atoms with Crippen LogP contribution in [0.15, 0.2) is 66.7 Å². The fraction of sp³-hybridized carbons (Fsp3) is 0.179. The maximum absolute atomic E-state index is 13.1. The predicted molar refractivity (Wildman–Crippen MR) is 147 cm³/mol. The third-order valence-electron chi connectivity index (χ3n) is 5.92. The maximum atomic E-state index is 13.1. The zero-order chi connectivity index (χ0) is 26.7. The van der Waals surface area contributed by atoms with Gasteiger partial charge in [-0.3, -0.25) is 14.4 Å². The lowest BCUT2D eigenvalue weighted by Crippen LogP contribution is -2.34. The molecule has 0 saturated heterocycles. The molecular formula is C28H27ClN4O4. The molecule has 3 N–H and O–H groups in total. The number of carbonyl (C=O) groups excluding carboxylic acids is 2. The van der Waals surface area contributed by atoms with Gasteiger partial charge in [0.05, 0.1) is 29.9 Å². The molecule has 3 aromatic rings. The topological polar surface area (TPSA) is 102 Å². The molecule has 0 saturated carbocycles. The van der Waals surface area contributed by atoms with E-state index in [2.05, 4.69) is 10.6 Å². The van der Waals surface area contributed by atoms with Crippen LogP contribution in [0.5, 0.6) is 0 Å². The summed E-state index contributed by atoms with van der Waals surface area (Å²) in [6, 6.07) is 19.6. The van der Waals surface area contributed by atoms with Gasteiger partial charge in [0.1, 0.15) is 0 Å². The largest absolute Gasteiger partial charge is 0.481 e. The van der Waals surface area contributed by atoms with Crippen LogP contribution in [0.2, 0.25) is 5.02 Å². The molecule has 0 aromatic heterocycles. The van der Waals surface area contributed by atoms with E-state index in [1.165, 1.54) is 0 Å². The van der Waals surface area contributed by atoms with E-state index < -0.39 is 5.97 Å². The van der Waals surface area contributed by atoms with E-state index in [-0.39, 0.29) is 18.2 Å². The Labute approximate surface area is 220 Å². The smallest absolute Gasteiger partial charge is 0.307 e. The van der Waals surface area contributed by atoms with Gasteiger partial charge in [0.25, 0.3) is 5.91 Å². The monoisotopic (exact) mass is 518 g/mol. The molecule has 9 heteroatoms. The van der Waals surface area contributed by atoms with Crippen molar-refractivity contribution >= 4 is 57.7 Å². The van der Waals surface area contributed by atoms with Gasteiger partial charge < -0.3 is 25.5 Å². The molecule has 37 heavy (non-hydrogen) atoms. The Kier molecular flexibility index (Phi) is 7.61. The molecule has 1 heterocycles. The zero-order valence-corrected chi connectivity index (χ0v) is 21.5. The van der Waals surface area contributed by atoms with Crippen molar-refractivity contribution in [3.63, 3.8) is 0 Å². The van der Waals surface area contributed by atoms with E-state index in [4.69, 9.17) is 16.7 Å². The summed E-state index contributed by atoms with van der Waals surface area (Å²) in [5, 5.41) is 15.9.